The maximum Gasteiger partial charge on any atom is 0.344 e. The van der Waals surface area contributed by atoms with Crippen LogP contribution < -0.4 is 10.1 Å². The molecule has 8 heteroatoms. The first-order valence-corrected chi connectivity index (χ1v) is 9.89. The lowest BCUT2D eigenvalue weighted by molar-refractivity contribution is -0.155. The highest BCUT2D eigenvalue weighted by atomic mass is 35.5. The van der Waals surface area contributed by atoms with E-state index >= 15 is 0 Å². The normalized spacial score (nSPS) is 11.6. The number of esters is 1. The van der Waals surface area contributed by atoms with Crippen LogP contribution in [0.15, 0.2) is 23.6 Å². The number of benzene rings is 1. The van der Waals surface area contributed by atoms with Crippen molar-refractivity contribution in [1.29, 1.82) is 5.26 Å². The van der Waals surface area contributed by atoms with Crippen LogP contribution in [0.5, 0.6) is 5.75 Å². The van der Waals surface area contributed by atoms with Crippen LogP contribution in [0.3, 0.4) is 0 Å². The molecule has 0 aliphatic heterocycles. The molecular weight excluding hydrogens is 400 g/mol. The topological polar surface area (TPSA) is 88.4 Å². The molecule has 1 amide bonds. The summed E-state index contributed by atoms with van der Waals surface area (Å²) in [5.74, 6) is -0.466. The lowest BCUT2D eigenvalue weighted by Crippen LogP contribution is -2.31. The van der Waals surface area contributed by atoms with E-state index in [1.54, 1.807) is 17.5 Å². The van der Waals surface area contributed by atoms with Crippen molar-refractivity contribution in [3.63, 3.8) is 0 Å². The summed E-state index contributed by atoms with van der Waals surface area (Å²) in [7, 11) is 0. The Morgan fingerprint density at radius 2 is 2.04 bits per heavy atom. The van der Waals surface area contributed by atoms with Gasteiger partial charge in [0.25, 0.3) is 5.91 Å². The highest BCUT2D eigenvalue weighted by Crippen LogP contribution is 2.32. The smallest absolute Gasteiger partial charge is 0.344 e. The Bertz CT molecular complexity index is 917. The summed E-state index contributed by atoms with van der Waals surface area (Å²) in [5, 5.41) is 14.3. The summed E-state index contributed by atoms with van der Waals surface area (Å²) in [6.45, 7) is 6.97. The lowest BCUT2D eigenvalue weighted by Gasteiger charge is -2.17. The van der Waals surface area contributed by atoms with Gasteiger partial charge in [-0.15, -0.1) is 11.3 Å². The molecule has 1 N–H and O–H groups in total. The molecule has 0 bridgehead atoms. The molecule has 0 unspecified atom stereocenters. The quantitative estimate of drug-likeness (QED) is 0.658. The van der Waals surface area contributed by atoms with Gasteiger partial charge in [-0.3, -0.25) is 4.79 Å². The number of thiophene rings is 1. The van der Waals surface area contributed by atoms with E-state index in [9.17, 15) is 9.59 Å². The Hall–Kier alpha value is -2.56. The predicted octanol–water partition coefficient (Wildman–Crippen LogP) is 4.65. The molecule has 0 saturated carbocycles. The van der Waals surface area contributed by atoms with Crippen molar-refractivity contribution in [2.45, 2.75) is 39.7 Å². The molecule has 1 heterocycles. The molecule has 0 aliphatic carbocycles. The Kier molecular flexibility index (Phi) is 7.44. The molecule has 2 aromatic rings. The van der Waals surface area contributed by atoms with Crippen LogP contribution in [0.1, 0.15) is 43.4 Å². The van der Waals surface area contributed by atoms with Crippen molar-refractivity contribution < 1.29 is 19.1 Å². The van der Waals surface area contributed by atoms with Gasteiger partial charge in [-0.05, 0) is 54.5 Å². The molecule has 6 nitrogen and oxygen atoms in total. The maximum absolute atomic E-state index is 12.2. The zero-order valence-electron chi connectivity index (χ0n) is 16.0. The molecule has 0 fully saturated rings. The van der Waals surface area contributed by atoms with Crippen LogP contribution in [0, 0.1) is 18.3 Å². The van der Waals surface area contributed by atoms with Crippen molar-refractivity contribution in [2.24, 2.45) is 0 Å². The first-order chi connectivity index (χ1) is 13.2. The largest absolute Gasteiger partial charge is 0.482 e. The van der Waals surface area contributed by atoms with Gasteiger partial charge in [-0.1, -0.05) is 25.4 Å². The van der Waals surface area contributed by atoms with Crippen LogP contribution >= 0.6 is 22.9 Å². The van der Waals surface area contributed by atoms with Crippen molar-refractivity contribution in [3.8, 4) is 11.8 Å². The second kappa shape index (κ2) is 9.58. The molecule has 148 valence electrons. The Labute approximate surface area is 173 Å². The molecule has 0 saturated heterocycles. The number of carbonyl (C=O) groups excluding carboxylic acids is 2. The second-order valence-corrected chi connectivity index (χ2v) is 7.80. The average Bonchev–Trinajstić information content (AvgIpc) is 3.09. The van der Waals surface area contributed by atoms with Crippen LogP contribution in [0.4, 0.5) is 5.00 Å². The van der Waals surface area contributed by atoms with E-state index in [-0.39, 0.29) is 12.5 Å². The summed E-state index contributed by atoms with van der Waals surface area (Å²) >= 11 is 7.39. The summed E-state index contributed by atoms with van der Waals surface area (Å²) < 4.78 is 10.7. The average molecular weight is 421 g/mol. The van der Waals surface area contributed by atoms with Crippen molar-refractivity contribution in [1.82, 2.24) is 0 Å². The van der Waals surface area contributed by atoms with E-state index in [0.29, 0.717) is 21.3 Å². The van der Waals surface area contributed by atoms with Gasteiger partial charge >= 0.3 is 5.97 Å². The summed E-state index contributed by atoms with van der Waals surface area (Å²) in [5.41, 5.74) is 2.09. The second-order valence-electron chi connectivity index (χ2n) is 6.48. The highest BCUT2D eigenvalue weighted by molar-refractivity contribution is 7.14. The number of nitrogens with one attached hydrogen (secondary N) is 1. The highest BCUT2D eigenvalue weighted by Gasteiger charge is 2.20. The number of rotatable bonds is 7. The van der Waals surface area contributed by atoms with Crippen molar-refractivity contribution in [2.75, 3.05) is 11.9 Å². The number of hydrogen-bond donors (Lipinski definition) is 1. The van der Waals surface area contributed by atoms with Crippen LogP contribution in [0.2, 0.25) is 5.02 Å². The monoisotopic (exact) mass is 420 g/mol. The van der Waals surface area contributed by atoms with Gasteiger partial charge < -0.3 is 14.8 Å². The fourth-order valence-corrected chi connectivity index (χ4v) is 3.29. The summed E-state index contributed by atoms with van der Waals surface area (Å²) in [6.07, 6.45) is -1.03. The van der Waals surface area contributed by atoms with E-state index in [2.05, 4.69) is 5.32 Å². The number of ether oxygens (including phenoxy) is 2. The van der Waals surface area contributed by atoms with Gasteiger partial charge in [-0.2, -0.15) is 5.26 Å². The lowest BCUT2D eigenvalue weighted by atomic mass is 10.0. The molecule has 0 aliphatic rings. The molecular formula is C20H21ClN2O4S. The summed E-state index contributed by atoms with van der Waals surface area (Å²) in [6, 6.07) is 7.19. The molecule has 0 spiro atoms. The number of aryl methyl sites for hydroxylation is 1. The standard InChI is InChI=1S/C20H21ClN2O4S/c1-11(2)15-8-16(21)12(3)7-17(15)26-10-18(24)27-13(4)19(25)23-20-14(9-22)5-6-28-20/h5-8,11,13H,10H2,1-4H3,(H,23,25)/t13-/m1/s1. The zero-order chi connectivity index (χ0) is 20.8. The third-order valence-corrected chi connectivity index (χ3v) is 5.20. The van der Waals surface area contributed by atoms with E-state index in [4.69, 9.17) is 26.3 Å². The fourth-order valence-electron chi connectivity index (χ4n) is 2.38. The van der Waals surface area contributed by atoms with E-state index in [1.165, 1.54) is 18.3 Å². The minimum Gasteiger partial charge on any atom is -0.482 e. The SMILES string of the molecule is Cc1cc(OCC(=O)O[C@H](C)C(=O)Nc2sccc2C#N)c(C(C)C)cc1Cl. The molecule has 1 aromatic carbocycles. The number of amides is 1. The van der Waals surface area contributed by atoms with Gasteiger partial charge in [0, 0.05) is 5.02 Å². The number of nitrogens with zero attached hydrogens (tertiary/aromatic N) is 1. The minimum absolute atomic E-state index is 0.161. The van der Waals surface area contributed by atoms with Crippen LogP contribution in [0.25, 0.3) is 0 Å². The first-order valence-electron chi connectivity index (χ1n) is 8.63. The maximum atomic E-state index is 12.2. The fraction of sp³-hybridized carbons (Fsp3) is 0.350. The van der Waals surface area contributed by atoms with Crippen LogP contribution in [-0.4, -0.2) is 24.6 Å². The van der Waals surface area contributed by atoms with Gasteiger partial charge in [-0.25, -0.2) is 4.79 Å². The molecule has 0 radical (unpaired) electrons. The molecule has 28 heavy (non-hydrogen) atoms. The Morgan fingerprint density at radius 3 is 2.68 bits per heavy atom. The Morgan fingerprint density at radius 1 is 1.32 bits per heavy atom. The van der Waals surface area contributed by atoms with Gasteiger partial charge in [0.05, 0.1) is 5.56 Å². The Balaban J connectivity index is 1.94. The number of hydrogen-bond acceptors (Lipinski definition) is 6. The predicted molar refractivity (Wildman–Crippen MR) is 109 cm³/mol. The number of carbonyl (C=O) groups is 2. The van der Waals surface area contributed by atoms with Crippen LogP contribution in [-0.2, 0) is 14.3 Å². The van der Waals surface area contributed by atoms with E-state index in [0.717, 1.165) is 11.1 Å². The molecule has 2 rings (SSSR count). The zero-order valence-corrected chi connectivity index (χ0v) is 17.6. The first kappa shape index (κ1) is 21.7. The summed E-state index contributed by atoms with van der Waals surface area (Å²) in [4.78, 5) is 24.3. The number of nitriles is 1. The minimum atomic E-state index is -1.03. The van der Waals surface area contributed by atoms with Crippen molar-refractivity contribution >= 4 is 39.8 Å². The van der Waals surface area contributed by atoms with Crippen molar-refractivity contribution in [3.05, 3.63) is 45.3 Å². The van der Waals surface area contributed by atoms with E-state index in [1.807, 2.05) is 32.9 Å². The number of anilines is 1. The number of halogens is 1. The molecule has 1 atom stereocenters. The van der Waals surface area contributed by atoms with Gasteiger partial charge in [0.1, 0.15) is 16.8 Å². The molecule has 1 aromatic heterocycles. The van der Waals surface area contributed by atoms with E-state index < -0.39 is 18.0 Å². The third kappa shape index (κ3) is 5.47. The van der Waals surface area contributed by atoms with Gasteiger partial charge in [0.2, 0.25) is 0 Å². The third-order valence-electron chi connectivity index (χ3n) is 3.96. The van der Waals surface area contributed by atoms with Gasteiger partial charge in [0.15, 0.2) is 12.7 Å².